The van der Waals surface area contributed by atoms with Gasteiger partial charge in [0.1, 0.15) is 18.5 Å². The van der Waals surface area contributed by atoms with Crippen molar-refractivity contribution in [3.05, 3.63) is 12.7 Å². The van der Waals surface area contributed by atoms with Gasteiger partial charge in [0, 0.05) is 31.9 Å². The van der Waals surface area contributed by atoms with Gasteiger partial charge in [0.2, 0.25) is 0 Å². The first-order valence-electron chi connectivity index (χ1n) is 13.5. The molecule has 0 saturated carbocycles. The Labute approximate surface area is 222 Å². The summed E-state index contributed by atoms with van der Waals surface area (Å²) in [4.78, 5) is 46.5. The normalized spacial score (nSPS) is 12.0. The fraction of sp³-hybridized carbons (Fsp3) is 0.786. The number of hydrogen-bond donors (Lipinski definition) is 1. The molecule has 0 fully saturated rings. The van der Waals surface area contributed by atoms with Gasteiger partial charge in [0.05, 0.1) is 25.2 Å². The molecule has 0 rings (SSSR count). The first kappa shape index (κ1) is 34.7. The van der Waals surface area contributed by atoms with Crippen LogP contribution in [-0.2, 0) is 38.1 Å². The number of carbonyl (C=O) groups excluding carboxylic acids is 4. The maximum absolute atomic E-state index is 12.0. The maximum Gasteiger partial charge on any atom is 0.330 e. The van der Waals surface area contributed by atoms with Crippen molar-refractivity contribution in [2.24, 2.45) is 5.41 Å². The van der Waals surface area contributed by atoms with E-state index in [9.17, 15) is 24.3 Å². The van der Waals surface area contributed by atoms with Gasteiger partial charge < -0.3 is 24.1 Å². The quantitative estimate of drug-likeness (QED) is 0.0835. The molecule has 1 atom stereocenters. The lowest BCUT2D eigenvalue weighted by molar-refractivity contribution is -0.154. The van der Waals surface area contributed by atoms with E-state index in [2.05, 4.69) is 6.58 Å². The summed E-state index contributed by atoms with van der Waals surface area (Å²) in [7, 11) is 0. The van der Waals surface area contributed by atoms with Crippen molar-refractivity contribution in [1.82, 2.24) is 0 Å². The molecule has 0 saturated heterocycles. The van der Waals surface area contributed by atoms with E-state index in [0.717, 1.165) is 44.6 Å². The van der Waals surface area contributed by atoms with Crippen LogP contribution in [0.15, 0.2) is 12.7 Å². The number of esters is 3. The summed E-state index contributed by atoms with van der Waals surface area (Å²) in [5.41, 5.74) is -0.448. The van der Waals surface area contributed by atoms with Gasteiger partial charge in [-0.2, -0.15) is 0 Å². The smallest absolute Gasteiger partial charge is 0.330 e. The molecule has 214 valence electrons. The lowest BCUT2D eigenvalue weighted by atomic mass is 9.91. The molecule has 0 spiro atoms. The van der Waals surface area contributed by atoms with Crippen LogP contribution in [0.5, 0.6) is 0 Å². The molecule has 0 aliphatic rings. The maximum atomic E-state index is 12.0. The summed E-state index contributed by atoms with van der Waals surface area (Å²) < 4.78 is 20.5. The van der Waals surface area contributed by atoms with Crippen molar-refractivity contribution >= 4 is 23.7 Å². The Balaban J connectivity index is 3.56. The molecule has 0 radical (unpaired) electrons. The zero-order valence-corrected chi connectivity index (χ0v) is 23.1. The molecular formula is C28H48O9. The first-order chi connectivity index (χ1) is 17.6. The standard InChI is InChI=1S/C28H48O9/c1-5-25(31)35-19-14-13-18-34-21-24(30)22-37-26(32)17-11-7-9-15-23(29)16-10-8-12-20-36-27(33)28(3,4)6-2/h5,24,30H,1,6-22H2,2-4H3. The minimum atomic E-state index is -0.893. The van der Waals surface area contributed by atoms with Crippen LogP contribution in [0.2, 0.25) is 0 Å². The second-order valence-electron chi connectivity index (χ2n) is 9.77. The third-order valence-corrected chi connectivity index (χ3v) is 5.95. The van der Waals surface area contributed by atoms with Gasteiger partial charge in [0.25, 0.3) is 0 Å². The van der Waals surface area contributed by atoms with E-state index in [1.165, 1.54) is 0 Å². The molecule has 1 unspecified atom stereocenters. The Morgan fingerprint density at radius 1 is 0.784 bits per heavy atom. The summed E-state index contributed by atoms with van der Waals surface area (Å²) in [5, 5.41) is 9.82. The van der Waals surface area contributed by atoms with Gasteiger partial charge in [-0.05, 0) is 65.2 Å². The van der Waals surface area contributed by atoms with Gasteiger partial charge in [-0.1, -0.05) is 19.9 Å². The molecule has 0 aromatic heterocycles. The van der Waals surface area contributed by atoms with Crippen LogP contribution in [-0.4, -0.2) is 67.9 Å². The van der Waals surface area contributed by atoms with Crippen LogP contribution >= 0.6 is 0 Å². The topological polar surface area (TPSA) is 125 Å². The highest BCUT2D eigenvalue weighted by atomic mass is 16.6. The lowest BCUT2D eigenvalue weighted by Gasteiger charge is -2.20. The Bertz CT molecular complexity index is 673. The zero-order valence-electron chi connectivity index (χ0n) is 23.1. The van der Waals surface area contributed by atoms with E-state index < -0.39 is 17.5 Å². The van der Waals surface area contributed by atoms with Crippen LogP contribution in [0.4, 0.5) is 0 Å². The van der Waals surface area contributed by atoms with Crippen LogP contribution < -0.4 is 0 Å². The number of Topliss-reactive ketones (excluding diaryl/α,β-unsaturated/α-hetero) is 1. The summed E-state index contributed by atoms with van der Waals surface area (Å²) in [6.07, 6.45) is 8.08. The van der Waals surface area contributed by atoms with Crippen LogP contribution in [0.25, 0.3) is 0 Å². The summed E-state index contributed by atoms with van der Waals surface area (Å²) >= 11 is 0. The van der Waals surface area contributed by atoms with Crippen molar-refractivity contribution in [2.75, 3.05) is 33.0 Å². The number of ketones is 1. The highest BCUT2D eigenvalue weighted by molar-refractivity contribution is 5.81. The SMILES string of the molecule is C=CC(=O)OCCCCOCC(O)COC(=O)CCCCCC(=O)CCCCCOC(=O)C(C)(C)CC. The van der Waals surface area contributed by atoms with Gasteiger partial charge in [-0.25, -0.2) is 4.79 Å². The first-order valence-corrected chi connectivity index (χ1v) is 13.5. The van der Waals surface area contributed by atoms with Crippen molar-refractivity contribution in [1.29, 1.82) is 0 Å². The summed E-state index contributed by atoms with van der Waals surface area (Å²) in [6.45, 7) is 10.0. The van der Waals surface area contributed by atoms with Crippen molar-refractivity contribution in [2.45, 2.75) is 104 Å². The van der Waals surface area contributed by atoms with Crippen LogP contribution in [0, 0.1) is 5.41 Å². The highest BCUT2D eigenvalue weighted by Gasteiger charge is 2.26. The molecule has 0 aromatic carbocycles. The predicted molar refractivity (Wildman–Crippen MR) is 140 cm³/mol. The minimum absolute atomic E-state index is 0.0595. The zero-order chi connectivity index (χ0) is 27.9. The molecule has 0 heterocycles. The second-order valence-corrected chi connectivity index (χ2v) is 9.77. The third-order valence-electron chi connectivity index (χ3n) is 5.95. The summed E-state index contributed by atoms with van der Waals surface area (Å²) in [6, 6.07) is 0. The molecule has 9 heteroatoms. The number of aliphatic hydroxyl groups excluding tert-OH is 1. The monoisotopic (exact) mass is 528 g/mol. The average molecular weight is 529 g/mol. The molecule has 1 N–H and O–H groups in total. The van der Waals surface area contributed by atoms with E-state index >= 15 is 0 Å². The van der Waals surface area contributed by atoms with Crippen molar-refractivity contribution in [3.63, 3.8) is 0 Å². The molecule has 0 bridgehead atoms. The van der Waals surface area contributed by atoms with Gasteiger partial charge in [-0.15, -0.1) is 0 Å². The number of unbranched alkanes of at least 4 members (excludes halogenated alkanes) is 5. The lowest BCUT2D eigenvalue weighted by Crippen LogP contribution is -2.26. The van der Waals surface area contributed by atoms with E-state index in [1.807, 2.05) is 20.8 Å². The van der Waals surface area contributed by atoms with Crippen molar-refractivity contribution in [3.8, 4) is 0 Å². The number of rotatable bonds is 24. The van der Waals surface area contributed by atoms with E-state index in [0.29, 0.717) is 51.9 Å². The van der Waals surface area contributed by atoms with Gasteiger partial charge in [-0.3, -0.25) is 14.4 Å². The average Bonchev–Trinajstić information content (AvgIpc) is 2.88. The Morgan fingerprint density at radius 3 is 2.00 bits per heavy atom. The second kappa shape index (κ2) is 21.8. The molecule has 0 aliphatic heterocycles. The molecular weight excluding hydrogens is 480 g/mol. The van der Waals surface area contributed by atoms with Gasteiger partial charge in [0.15, 0.2) is 0 Å². The Kier molecular flexibility index (Phi) is 20.5. The number of carbonyl (C=O) groups is 4. The molecule has 0 amide bonds. The molecule has 0 aromatic rings. The van der Waals surface area contributed by atoms with E-state index in [4.69, 9.17) is 18.9 Å². The van der Waals surface area contributed by atoms with E-state index in [-0.39, 0.29) is 37.4 Å². The van der Waals surface area contributed by atoms with Gasteiger partial charge >= 0.3 is 17.9 Å². The molecule has 37 heavy (non-hydrogen) atoms. The predicted octanol–water partition coefficient (Wildman–Crippen LogP) is 4.48. The number of aliphatic hydroxyl groups is 1. The molecule has 0 aliphatic carbocycles. The van der Waals surface area contributed by atoms with Crippen LogP contribution in [0.1, 0.15) is 97.8 Å². The number of ether oxygens (including phenoxy) is 4. The Hall–Kier alpha value is -2.26. The fourth-order valence-electron chi connectivity index (χ4n) is 3.07. The van der Waals surface area contributed by atoms with Crippen molar-refractivity contribution < 1.29 is 43.2 Å². The van der Waals surface area contributed by atoms with Crippen LogP contribution in [0.3, 0.4) is 0 Å². The largest absolute Gasteiger partial charge is 0.465 e. The fourth-order valence-corrected chi connectivity index (χ4v) is 3.07. The van der Waals surface area contributed by atoms with E-state index in [1.54, 1.807) is 0 Å². The minimum Gasteiger partial charge on any atom is -0.465 e. The third kappa shape index (κ3) is 20.5. The highest BCUT2D eigenvalue weighted by Crippen LogP contribution is 2.21. The molecule has 9 nitrogen and oxygen atoms in total. The summed E-state index contributed by atoms with van der Waals surface area (Å²) in [5.74, 6) is -0.790. The number of hydrogen-bond acceptors (Lipinski definition) is 9. The Morgan fingerprint density at radius 2 is 1.35 bits per heavy atom.